The highest BCUT2D eigenvalue weighted by atomic mass is 35.5. The molecule has 0 atom stereocenters. The van der Waals surface area contributed by atoms with Gasteiger partial charge in [-0.3, -0.25) is 4.79 Å². The summed E-state index contributed by atoms with van der Waals surface area (Å²) >= 11 is 6.27. The minimum Gasteiger partial charge on any atom is -0.369 e. The minimum absolute atomic E-state index is 0.188. The summed E-state index contributed by atoms with van der Waals surface area (Å²) in [6.07, 6.45) is 3.34. The fourth-order valence-electron chi connectivity index (χ4n) is 4.96. The maximum absolute atomic E-state index is 13.6. The van der Waals surface area contributed by atoms with Gasteiger partial charge in [0.1, 0.15) is 5.82 Å². The SMILES string of the molecule is CN1CCN(c2ccc(Nc3ncc4c(=O)n(Cc5ccc(F)cc5Cl)cc(-c5ccccc5)c4n3)cc2)CC1. The molecule has 5 aromatic rings. The molecule has 1 N–H and O–H groups in total. The highest BCUT2D eigenvalue weighted by Gasteiger charge is 2.16. The zero-order valence-corrected chi connectivity index (χ0v) is 22.8. The standard InChI is InChI=1S/C31H28ClFN6O/c1-37-13-15-38(16-14-37)25-11-9-24(10-12-25)35-31-34-18-26-29(36-31)27(21-5-3-2-4-6-21)20-39(30(26)40)19-22-7-8-23(33)17-28(22)32/h2-12,17-18,20H,13-16,19H2,1H3,(H,34,35,36). The highest BCUT2D eigenvalue weighted by Crippen LogP contribution is 2.28. The van der Waals surface area contributed by atoms with E-state index in [4.69, 9.17) is 16.6 Å². The number of halogens is 2. The molecular weight excluding hydrogens is 527 g/mol. The van der Waals surface area contributed by atoms with Crippen LogP contribution in [0.1, 0.15) is 5.56 Å². The van der Waals surface area contributed by atoms with Crippen LogP contribution >= 0.6 is 11.6 Å². The molecular formula is C31H28ClFN6O. The number of aromatic nitrogens is 3. The van der Waals surface area contributed by atoms with Crippen molar-refractivity contribution in [1.82, 2.24) is 19.4 Å². The number of piperazine rings is 1. The smallest absolute Gasteiger partial charge is 0.261 e. The van der Waals surface area contributed by atoms with Crippen LogP contribution in [0.25, 0.3) is 22.0 Å². The average Bonchev–Trinajstić information content (AvgIpc) is 2.97. The molecule has 0 aliphatic carbocycles. The lowest BCUT2D eigenvalue weighted by Gasteiger charge is -2.34. The molecule has 1 saturated heterocycles. The van der Waals surface area contributed by atoms with Crippen LogP contribution in [0.4, 0.5) is 21.7 Å². The highest BCUT2D eigenvalue weighted by molar-refractivity contribution is 6.31. The number of anilines is 3. The summed E-state index contributed by atoms with van der Waals surface area (Å²) in [4.78, 5) is 27.5. The summed E-state index contributed by atoms with van der Waals surface area (Å²) in [5.41, 5.74) is 4.67. The van der Waals surface area contributed by atoms with Crippen molar-refractivity contribution in [3.8, 4) is 11.1 Å². The van der Waals surface area contributed by atoms with Crippen molar-refractivity contribution < 1.29 is 4.39 Å². The maximum atomic E-state index is 13.6. The molecule has 0 bridgehead atoms. The van der Waals surface area contributed by atoms with Crippen LogP contribution in [0.15, 0.2) is 90.0 Å². The Kier molecular flexibility index (Phi) is 7.19. The topological polar surface area (TPSA) is 66.3 Å². The van der Waals surface area contributed by atoms with Gasteiger partial charge in [0.25, 0.3) is 5.56 Å². The first-order valence-electron chi connectivity index (χ1n) is 13.1. The Hall–Kier alpha value is -4.27. The van der Waals surface area contributed by atoms with Gasteiger partial charge in [-0.25, -0.2) is 14.4 Å². The van der Waals surface area contributed by atoms with E-state index in [1.165, 1.54) is 17.8 Å². The number of hydrogen-bond acceptors (Lipinski definition) is 6. The minimum atomic E-state index is -0.424. The van der Waals surface area contributed by atoms with Crippen LogP contribution in [0.2, 0.25) is 5.02 Å². The monoisotopic (exact) mass is 554 g/mol. The molecule has 0 spiro atoms. The van der Waals surface area contributed by atoms with Crippen LogP contribution in [0, 0.1) is 5.82 Å². The van der Waals surface area contributed by atoms with Crippen molar-refractivity contribution in [3.05, 3.63) is 112 Å². The lowest BCUT2D eigenvalue weighted by molar-refractivity contribution is 0.313. The van der Waals surface area contributed by atoms with Crippen molar-refractivity contribution >= 4 is 39.8 Å². The second kappa shape index (κ2) is 11.1. The van der Waals surface area contributed by atoms with Crippen LogP contribution < -0.4 is 15.8 Å². The molecule has 9 heteroatoms. The van der Waals surface area contributed by atoms with E-state index in [0.717, 1.165) is 43.0 Å². The van der Waals surface area contributed by atoms with E-state index >= 15 is 0 Å². The van der Waals surface area contributed by atoms with Crippen LogP contribution in [0.3, 0.4) is 0 Å². The number of benzene rings is 3. The summed E-state index contributed by atoms with van der Waals surface area (Å²) in [5.74, 6) is -0.0252. The fourth-order valence-corrected chi connectivity index (χ4v) is 5.19. The molecule has 3 heterocycles. The van der Waals surface area contributed by atoms with E-state index in [0.29, 0.717) is 22.4 Å². The first-order chi connectivity index (χ1) is 19.4. The Bertz CT molecular complexity index is 1720. The van der Waals surface area contributed by atoms with E-state index in [-0.39, 0.29) is 17.1 Å². The molecule has 1 fully saturated rings. The van der Waals surface area contributed by atoms with Crippen molar-refractivity contribution in [2.45, 2.75) is 6.54 Å². The maximum Gasteiger partial charge on any atom is 0.261 e. The quantitative estimate of drug-likeness (QED) is 0.286. The molecule has 0 radical (unpaired) electrons. The summed E-state index contributed by atoms with van der Waals surface area (Å²) in [7, 11) is 2.15. The van der Waals surface area contributed by atoms with E-state index in [1.807, 2.05) is 42.5 Å². The van der Waals surface area contributed by atoms with Gasteiger partial charge in [-0.2, -0.15) is 0 Å². The lowest BCUT2D eigenvalue weighted by Crippen LogP contribution is -2.44. The van der Waals surface area contributed by atoms with Crippen LogP contribution in [-0.4, -0.2) is 52.7 Å². The van der Waals surface area contributed by atoms with Gasteiger partial charge < -0.3 is 19.7 Å². The first-order valence-corrected chi connectivity index (χ1v) is 13.5. The second-order valence-electron chi connectivity index (χ2n) is 10.00. The first kappa shape index (κ1) is 26.0. The zero-order chi connectivity index (χ0) is 27.6. The van der Waals surface area contributed by atoms with Gasteiger partial charge in [-0.15, -0.1) is 0 Å². The number of rotatable bonds is 6. The van der Waals surface area contributed by atoms with Gasteiger partial charge in [0.15, 0.2) is 0 Å². The van der Waals surface area contributed by atoms with E-state index in [2.05, 4.69) is 39.3 Å². The molecule has 0 unspecified atom stereocenters. The normalized spacial score (nSPS) is 14.0. The van der Waals surface area contributed by atoms with Gasteiger partial charge in [0, 0.05) is 60.5 Å². The van der Waals surface area contributed by atoms with E-state index < -0.39 is 5.82 Å². The molecule has 1 aliphatic heterocycles. The van der Waals surface area contributed by atoms with Crippen LogP contribution in [-0.2, 0) is 6.54 Å². The number of likely N-dealkylation sites (N-methyl/N-ethyl adjacent to an activating group) is 1. The predicted molar refractivity (Wildman–Crippen MR) is 159 cm³/mol. The van der Waals surface area contributed by atoms with Gasteiger partial charge >= 0.3 is 0 Å². The molecule has 2 aromatic heterocycles. The third-order valence-electron chi connectivity index (χ3n) is 7.25. The molecule has 40 heavy (non-hydrogen) atoms. The van der Waals surface area contributed by atoms with Gasteiger partial charge in [0.2, 0.25) is 5.95 Å². The van der Waals surface area contributed by atoms with Crippen LogP contribution in [0.5, 0.6) is 0 Å². The van der Waals surface area contributed by atoms with Gasteiger partial charge in [-0.1, -0.05) is 48.0 Å². The summed E-state index contributed by atoms with van der Waals surface area (Å²) in [6.45, 7) is 4.29. The average molecular weight is 555 g/mol. The molecule has 7 nitrogen and oxygen atoms in total. The largest absolute Gasteiger partial charge is 0.369 e. The number of hydrogen-bond donors (Lipinski definition) is 1. The Balaban J connectivity index is 1.34. The van der Waals surface area contributed by atoms with Crippen molar-refractivity contribution in [2.24, 2.45) is 0 Å². The molecule has 202 valence electrons. The summed E-state index contributed by atoms with van der Waals surface area (Å²) in [6, 6.07) is 22.2. The molecule has 3 aromatic carbocycles. The Morgan fingerprint density at radius 2 is 1.73 bits per heavy atom. The predicted octanol–water partition coefficient (Wildman–Crippen LogP) is 5.79. The third-order valence-corrected chi connectivity index (χ3v) is 7.60. The van der Waals surface area contributed by atoms with Crippen molar-refractivity contribution in [3.63, 3.8) is 0 Å². The van der Waals surface area contributed by atoms with Crippen molar-refractivity contribution in [2.75, 3.05) is 43.4 Å². The second-order valence-corrected chi connectivity index (χ2v) is 10.4. The molecule has 6 rings (SSSR count). The number of nitrogens with one attached hydrogen (secondary N) is 1. The van der Waals surface area contributed by atoms with E-state index in [9.17, 15) is 9.18 Å². The van der Waals surface area contributed by atoms with Gasteiger partial charge in [0.05, 0.1) is 17.4 Å². The number of fused-ring (bicyclic) bond motifs is 1. The molecule has 0 saturated carbocycles. The van der Waals surface area contributed by atoms with Crippen molar-refractivity contribution in [1.29, 1.82) is 0 Å². The Morgan fingerprint density at radius 1 is 0.975 bits per heavy atom. The fraction of sp³-hybridized carbons (Fsp3) is 0.194. The van der Waals surface area contributed by atoms with Gasteiger partial charge in [-0.05, 0) is 54.6 Å². The number of pyridine rings is 1. The molecule has 0 amide bonds. The van der Waals surface area contributed by atoms with E-state index in [1.54, 1.807) is 23.0 Å². The Morgan fingerprint density at radius 3 is 2.45 bits per heavy atom. The third kappa shape index (κ3) is 5.41. The molecule has 1 aliphatic rings. The summed E-state index contributed by atoms with van der Waals surface area (Å²) in [5, 5.41) is 3.94. The number of nitrogens with zero attached hydrogens (tertiary/aromatic N) is 5. The summed E-state index contributed by atoms with van der Waals surface area (Å²) < 4.78 is 15.2. The zero-order valence-electron chi connectivity index (χ0n) is 22.0. The Labute approximate surface area is 236 Å². The lowest BCUT2D eigenvalue weighted by atomic mass is 10.0.